The molecule has 2 atom stereocenters. The maximum Gasteiger partial charge on any atom is 0.252 e. The molecular weight excluding hydrogens is 216 g/mol. The van der Waals surface area contributed by atoms with Crippen LogP contribution in [0.4, 0.5) is 5.82 Å². The molecule has 1 fully saturated rings. The van der Waals surface area contributed by atoms with Crippen LogP contribution < -0.4 is 16.8 Å². The minimum Gasteiger partial charge on any atom is -0.365 e. The third-order valence-corrected chi connectivity index (χ3v) is 3.21. The molecule has 2 rings (SSSR count). The molecule has 1 amide bonds. The molecule has 0 saturated heterocycles. The van der Waals surface area contributed by atoms with E-state index in [9.17, 15) is 4.79 Å². The van der Waals surface area contributed by atoms with E-state index in [0.29, 0.717) is 11.4 Å². The topological polar surface area (TPSA) is 94.0 Å². The number of carbonyl (C=O) groups is 1. The molecule has 5 heteroatoms. The van der Waals surface area contributed by atoms with Crippen molar-refractivity contribution in [3.8, 4) is 0 Å². The van der Waals surface area contributed by atoms with E-state index in [4.69, 9.17) is 11.5 Å². The van der Waals surface area contributed by atoms with Gasteiger partial charge in [-0.1, -0.05) is 12.8 Å². The molecule has 0 spiro atoms. The summed E-state index contributed by atoms with van der Waals surface area (Å²) in [6.07, 6.45) is 5.99. The van der Waals surface area contributed by atoms with Crippen molar-refractivity contribution in [2.45, 2.75) is 37.8 Å². The minimum absolute atomic E-state index is 0.117. The van der Waals surface area contributed by atoms with Crippen LogP contribution >= 0.6 is 0 Å². The van der Waals surface area contributed by atoms with Crippen molar-refractivity contribution < 1.29 is 4.79 Å². The summed E-state index contributed by atoms with van der Waals surface area (Å²) < 4.78 is 0. The Morgan fingerprint density at radius 1 is 1.41 bits per heavy atom. The SMILES string of the molecule is NC(=O)c1cccnc1N[C@@H]1CCCC[C@H]1N. The molecule has 5 nitrogen and oxygen atoms in total. The molecular formula is C12H18N4O. The van der Waals surface area contributed by atoms with Gasteiger partial charge in [0.1, 0.15) is 5.82 Å². The lowest BCUT2D eigenvalue weighted by molar-refractivity contribution is 0.100. The van der Waals surface area contributed by atoms with Gasteiger partial charge >= 0.3 is 0 Å². The molecule has 1 saturated carbocycles. The first-order valence-electron chi connectivity index (χ1n) is 5.95. The molecule has 0 aliphatic heterocycles. The Bertz CT molecular complexity index is 407. The Kier molecular flexibility index (Phi) is 3.58. The fourth-order valence-corrected chi connectivity index (χ4v) is 2.23. The first-order valence-corrected chi connectivity index (χ1v) is 5.95. The van der Waals surface area contributed by atoms with Gasteiger partial charge < -0.3 is 16.8 Å². The third kappa shape index (κ3) is 2.74. The minimum atomic E-state index is -0.468. The van der Waals surface area contributed by atoms with Crippen molar-refractivity contribution in [1.29, 1.82) is 0 Å². The smallest absolute Gasteiger partial charge is 0.252 e. The Labute approximate surface area is 101 Å². The number of hydrogen-bond acceptors (Lipinski definition) is 4. The van der Waals surface area contributed by atoms with Crippen LogP contribution in [0, 0.1) is 0 Å². The molecule has 5 N–H and O–H groups in total. The number of rotatable bonds is 3. The van der Waals surface area contributed by atoms with E-state index in [-0.39, 0.29) is 12.1 Å². The van der Waals surface area contributed by atoms with Crippen molar-refractivity contribution in [3.05, 3.63) is 23.9 Å². The predicted molar refractivity (Wildman–Crippen MR) is 66.6 cm³/mol. The summed E-state index contributed by atoms with van der Waals surface area (Å²) in [5.41, 5.74) is 11.8. The standard InChI is InChI=1S/C12H18N4O/c13-9-5-1-2-6-10(9)16-12-8(11(14)17)4-3-7-15-12/h3-4,7,9-10H,1-2,5-6,13H2,(H2,14,17)(H,15,16)/t9-,10-/m1/s1. The molecule has 1 heterocycles. The maximum absolute atomic E-state index is 11.3. The third-order valence-electron chi connectivity index (χ3n) is 3.21. The van der Waals surface area contributed by atoms with Crippen molar-refractivity contribution >= 4 is 11.7 Å². The van der Waals surface area contributed by atoms with Gasteiger partial charge in [0.15, 0.2) is 0 Å². The van der Waals surface area contributed by atoms with Crippen LogP contribution in [-0.4, -0.2) is 23.0 Å². The summed E-state index contributed by atoms with van der Waals surface area (Å²) in [5, 5.41) is 3.24. The summed E-state index contributed by atoms with van der Waals surface area (Å²) in [4.78, 5) is 15.4. The van der Waals surface area contributed by atoms with Crippen LogP contribution in [0.25, 0.3) is 0 Å². The van der Waals surface area contributed by atoms with Crippen LogP contribution in [0.1, 0.15) is 36.0 Å². The van der Waals surface area contributed by atoms with Crippen molar-refractivity contribution in [3.63, 3.8) is 0 Å². The molecule has 0 bridgehead atoms. The zero-order chi connectivity index (χ0) is 12.3. The van der Waals surface area contributed by atoms with Crippen LogP contribution in [0.2, 0.25) is 0 Å². The van der Waals surface area contributed by atoms with Crippen LogP contribution in [-0.2, 0) is 0 Å². The zero-order valence-corrected chi connectivity index (χ0v) is 9.73. The van der Waals surface area contributed by atoms with Gasteiger partial charge in [0.2, 0.25) is 0 Å². The number of primary amides is 1. The molecule has 92 valence electrons. The highest BCUT2D eigenvalue weighted by atomic mass is 16.1. The number of nitrogens with zero attached hydrogens (tertiary/aromatic N) is 1. The van der Waals surface area contributed by atoms with E-state index < -0.39 is 5.91 Å². The fraction of sp³-hybridized carbons (Fsp3) is 0.500. The fourth-order valence-electron chi connectivity index (χ4n) is 2.23. The number of hydrogen-bond donors (Lipinski definition) is 3. The second-order valence-corrected chi connectivity index (χ2v) is 4.46. The first-order chi connectivity index (χ1) is 8.18. The number of amides is 1. The number of nitrogens with two attached hydrogens (primary N) is 2. The summed E-state index contributed by atoms with van der Waals surface area (Å²) >= 11 is 0. The van der Waals surface area contributed by atoms with Gasteiger partial charge in [-0.05, 0) is 25.0 Å². The maximum atomic E-state index is 11.3. The van der Waals surface area contributed by atoms with Crippen molar-refractivity contribution in [1.82, 2.24) is 4.98 Å². The van der Waals surface area contributed by atoms with Gasteiger partial charge in [-0.25, -0.2) is 4.98 Å². The van der Waals surface area contributed by atoms with Gasteiger partial charge in [0, 0.05) is 18.3 Å². The van der Waals surface area contributed by atoms with Gasteiger partial charge in [-0.2, -0.15) is 0 Å². The largest absolute Gasteiger partial charge is 0.365 e. The summed E-state index contributed by atoms with van der Waals surface area (Å²) in [7, 11) is 0. The van der Waals surface area contributed by atoms with E-state index in [0.717, 1.165) is 19.3 Å². The van der Waals surface area contributed by atoms with Crippen LogP contribution in [0.3, 0.4) is 0 Å². The molecule has 0 radical (unpaired) electrons. The Hall–Kier alpha value is -1.62. The number of nitrogens with one attached hydrogen (secondary N) is 1. The second kappa shape index (κ2) is 5.14. The second-order valence-electron chi connectivity index (χ2n) is 4.46. The highest BCUT2D eigenvalue weighted by molar-refractivity contribution is 5.97. The summed E-state index contributed by atoms with van der Waals surface area (Å²) in [6, 6.07) is 3.67. The lowest BCUT2D eigenvalue weighted by Gasteiger charge is -2.30. The number of aromatic nitrogens is 1. The van der Waals surface area contributed by atoms with Gasteiger partial charge in [0.05, 0.1) is 5.56 Å². The van der Waals surface area contributed by atoms with E-state index >= 15 is 0 Å². The van der Waals surface area contributed by atoms with E-state index in [1.165, 1.54) is 6.42 Å². The van der Waals surface area contributed by atoms with Crippen molar-refractivity contribution in [2.75, 3.05) is 5.32 Å². The monoisotopic (exact) mass is 234 g/mol. The Balaban J connectivity index is 2.14. The molecule has 0 unspecified atom stereocenters. The molecule has 0 aromatic carbocycles. The molecule has 1 aromatic rings. The first kappa shape index (κ1) is 11.9. The van der Waals surface area contributed by atoms with Crippen molar-refractivity contribution in [2.24, 2.45) is 11.5 Å². The average molecular weight is 234 g/mol. The number of carbonyl (C=O) groups excluding carboxylic acids is 1. The lowest BCUT2D eigenvalue weighted by Crippen LogP contribution is -2.43. The predicted octanol–water partition coefficient (Wildman–Crippen LogP) is 0.862. The van der Waals surface area contributed by atoms with E-state index in [1.54, 1.807) is 18.3 Å². The van der Waals surface area contributed by atoms with E-state index in [2.05, 4.69) is 10.3 Å². The zero-order valence-electron chi connectivity index (χ0n) is 9.73. The number of anilines is 1. The van der Waals surface area contributed by atoms with Gasteiger partial charge in [-0.15, -0.1) is 0 Å². The Morgan fingerprint density at radius 3 is 2.88 bits per heavy atom. The molecule has 1 aromatic heterocycles. The number of pyridine rings is 1. The lowest BCUT2D eigenvalue weighted by atomic mass is 9.91. The van der Waals surface area contributed by atoms with Gasteiger partial charge in [-0.3, -0.25) is 4.79 Å². The van der Waals surface area contributed by atoms with Crippen LogP contribution in [0.15, 0.2) is 18.3 Å². The average Bonchev–Trinajstić information content (AvgIpc) is 2.32. The molecule has 17 heavy (non-hydrogen) atoms. The normalized spacial score (nSPS) is 24.3. The van der Waals surface area contributed by atoms with Gasteiger partial charge in [0.25, 0.3) is 5.91 Å². The summed E-state index contributed by atoms with van der Waals surface area (Å²) in [6.45, 7) is 0. The molecule has 1 aliphatic carbocycles. The highest BCUT2D eigenvalue weighted by Crippen LogP contribution is 2.21. The quantitative estimate of drug-likeness (QED) is 0.723. The summed E-state index contributed by atoms with van der Waals surface area (Å²) in [5.74, 6) is 0.0762. The Morgan fingerprint density at radius 2 is 2.18 bits per heavy atom. The van der Waals surface area contributed by atoms with Crippen LogP contribution in [0.5, 0.6) is 0 Å². The highest BCUT2D eigenvalue weighted by Gasteiger charge is 2.23. The van der Waals surface area contributed by atoms with E-state index in [1.807, 2.05) is 0 Å². The molecule has 1 aliphatic rings.